The molecule has 0 unspecified atom stereocenters. The largest absolute Gasteiger partial charge is 0.496 e. The zero-order valence-corrected chi connectivity index (χ0v) is 11.5. The van der Waals surface area contributed by atoms with Gasteiger partial charge in [-0.2, -0.15) is 13.2 Å². The summed E-state index contributed by atoms with van der Waals surface area (Å²) in [7, 11) is 1.38. The third kappa shape index (κ3) is 3.26. The predicted molar refractivity (Wildman–Crippen MR) is 71.5 cm³/mol. The van der Waals surface area contributed by atoms with Gasteiger partial charge < -0.3 is 10.5 Å². The van der Waals surface area contributed by atoms with Crippen molar-refractivity contribution in [3.8, 4) is 5.75 Å². The first-order valence-electron chi connectivity index (χ1n) is 6.94. The number of halogens is 3. The Balaban J connectivity index is 2.26. The van der Waals surface area contributed by atoms with Crippen LogP contribution in [-0.2, 0) is 6.18 Å². The van der Waals surface area contributed by atoms with Crippen molar-refractivity contribution in [2.75, 3.05) is 7.11 Å². The van der Waals surface area contributed by atoms with Gasteiger partial charge in [0.1, 0.15) is 5.75 Å². The van der Waals surface area contributed by atoms with Crippen molar-refractivity contribution < 1.29 is 17.9 Å². The Hall–Kier alpha value is -1.23. The van der Waals surface area contributed by atoms with E-state index in [4.69, 9.17) is 10.5 Å². The fourth-order valence-electron chi connectivity index (χ4n) is 2.91. The molecule has 0 saturated heterocycles. The summed E-state index contributed by atoms with van der Waals surface area (Å²) in [6, 6.07) is 3.33. The van der Waals surface area contributed by atoms with E-state index < -0.39 is 11.7 Å². The van der Waals surface area contributed by atoms with E-state index in [0.717, 1.165) is 37.8 Å². The van der Waals surface area contributed by atoms with Gasteiger partial charge >= 0.3 is 6.18 Å². The van der Waals surface area contributed by atoms with Crippen LogP contribution in [0.15, 0.2) is 18.2 Å². The Morgan fingerprint density at radius 2 is 1.85 bits per heavy atom. The standard InChI is InChI=1S/C15H20F3NO/c1-20-13-9-11(15(16,17)18)7-8-12(13)14(19)10-5-3-2-4-6-10/h7-10,14H,2-6,19H2,1H3/t14-/m0/s1. The Morgan fingerprint density at radius 3 is 2.40 bits per heavy atom. The van der Waals surface area contributed by atoms with Crippen LogP contribution in [-0.4, -0.2) is 7.11 Å². The van der Waals surface area contributed by atoms with Gasteiger partial charge in [0.15, 0.2) is 0 Å². The molecule has 1 fully saturated rings. The zero-order chi connectivity index (χ0) is 14.8. The zero-order valence-electron chi connectivity index (χ0n) is 11.5. The van der Waals surface area contributed by atoms with Crippen LogP contribution in [0, 0.1) is 5.92 Å². The minimum absolute atomic E-state index is 0.234. The van der Waals surface area contributed by atoms with E-state index in [0.29, 0.717) is 11.5 Å². The molecule has 0 radical (unpaired) electrons. The number of methoxy groups -OCH3 is 1. The highest BCUT2D eigenvalue weighted by molar-refractivity contribution is 5.40. The number of alkyl halides is 3. The van der Waals surface area contributed by atoms with Gasteiger partial charge in [0.05, 0.1) is 12.7 Å². The summed E-state index contributed by atoms with van der Waals surface area (Å²) in [6.07, 6.45) is 1.20. The molecule has 0 amide bonds. The maximum absolute atomic E-state index is 12.7. The Morgan fingerprint density at radius 1 is 1.20 bits per heavy atom. The highest BCUT2D eigenvalue weighted by Gasteiger charge is 2.32. The van der Waals surface area contributed by atoms with Gasteiger partial charge in [0.25, 0.3) is 0 Å². The highest BCUT2D eigenvalue weighted by Crippen LogP contribution is 2.39. The molecule has 2 nitrogen and oxygen atoms in total. The van der Waals surface area contributed by atoms with Crippen molar-refractivity contribution >= 4 is 0 Å². The molecule has 0 aromatic heterocycles. The number of nitrogens with two attached hydrogens (primary N) is 1. The average Bonchev–Trinajstić information content (AvgIpc) is 2.45. The van der Waals surface area contributed by atoms with Crippen molar-refractivity contribution in [3.05, 3.63) is 29.3 Å². The predicted octanol–water partition coefficient (Wildman–Crippen LogP) is 4.29. The molecular formula is C15H20F3NO. The molecule has 0 heterocycles. The first-order chi connectivity index (χ1) is 9.43. The van der Waals surface area contributed by atoms with Gasteiger partial charge in [-0.15, -0.1) is 0 Å². The van der Waals surface area contributed by atoms with E-state index in [1.165, 1.54) is 19.6 Å². The second-order valence-corrected chi connectivity index (χ2v) is 5.38. The van der Waals surface area contributed by atoms with Gasteiger partial charge in [0.2, 0.25) is 0 Å². The number of hydrogen-bond donors (Lipinski definition) is 1. The quantitative estimate of drug-likeness (QED) is 0.900. The minimum atomic E-state index is -4.36. The molecule has 2 N–H and O–H groups in total. The molecule has 5 heteroatoms. The second kappa shape index (κ2) is 6.04. The van der Waals surface area contributed by atoms with Crippen LogP contribution in [0.1, 0.15) is 49.3 Å². The lowest BCUT2D eigenvalue weighted by atomic mass is 9.81. The van der Waals surface area contributed by atoms with Crippen LogP contribution >= 0.6 is 0 Å². The van der Waals surface area contributed by atoms with E-state index in [1.807, 2.05) is 0 Å². The van der Waals surface area contributed by atoms with Gasteiger partial charge in [0, 0.05) is 11.6 Å². The summed E-state index contributed by atoms with van der Waals surface area (Å²) >= 11 is 0. The molecule has 0 aliphatic heterocycles. The lowest BCUT2D eigenvalue weighted by molar-refractivity contribution is -0.137. The summed E-state index contributed by atoms with van der Waals surface area (Å²) in [4.78, 5) is 0. The Kier molecular flexibility index (Phi) is 4.58. The molecule has 0 bridgehead atoms. The van der Waals surface area contributed by atoms with E-state index in [-0.39, 0.29) is 11.8 Å². The van der Waals surface area contributed by atoms with Crippen LogP contribution in [0.4, 0.5) is 13.2 Å². The molecule has 112 valence electrons. The molecule has 0 spiro atoms. The number of ether oxygens (including phenoxy) is 1. The highest BCUT2D eigenvalue weighted by atomic mass is 19.4. The smallest absolute Gasteiger partial charge is 0.416 e. The molecule has 1 atom stereocenters. The van der Waals surface area contributed by atoms with Crippen molar-refractivity contribution in [1.29, 1.82) is 0 Å². The summed E-state index contributed by atoms with van der Waals surface area (Å²) in [5.41, 5.74) is 6.22. The summed E-state index contributed by atoms with van der Waals surface area (Å²) < 4.78 is 43.2. The lowest BCUT2D eigenvalue weighted by Crippen LogP contribution is -2.24. The van der Waals surface area contributed by atoms with Crippen molar-refractivity contribution in [1.82, 2.24) is 0 Å². The number of hydrogen-bond acceptors (Lipinski definition) is 2. The van der Waals surface area contributed by atoms with Crippen LogP contribution < -0.4 is 10.5 Å². The third-order valence-electron chi connectivity index (χ3n) is 4.08. The molecule has 1 aromatic rings. The van der Waals surface area contributed by atoms with Crippen LogP contribution in [0.25, 0.3) is 0 Å². The minimum Gasteiger partial charge on any atom is -0.496 e. The molecule has 1 aliphatic carbocycles. The van der Waals surface area contributed by atoms with E-state index in [9.17, 15) is 13.2 Å². The SMILES string of the molecule is COc1cc(C(F)(F)F)ccc1[C@@H](N)C1CCCCC1. The second-order valence-electron chi connectivity index (χ2n) is 5.38. The third-order valence-corrected chi connectivity index (χ3v) is 4.08. The average molecular weight is 287 g/mol. The molecule has 2 rings (SSSR count). The summed E-state index contributed by atoms with van der Waals surface area (Å²) in [5.74, 6) is 0.562. The van der Waals surface area contributed by atoms with Crippen molar-refractivity contribution in [2.45, 2.75) is 44.3 Å². The summed E-state index contributed by atoms with van der Waals surface area (Å²) in [6.45, 7) is 0. The van der Waals surface area contributed by atoms with Crippen molar-refractivity contribution in [2.24, 2.45) is 11.7 Å². The molecular weight excluding hydrogens is 267 g/mol. The van der Waals surface area contributed by atoms with Crippen LogP contribution in [0.2, 0.25) is 0 Å². The molecule has 1 aromatic carbocycles. The van der Waals surface area contributed by atoms with Gasteiger partial charge in [-0.05, 0) is 30.9 Å². The molecule has 1 aliphatic rings. The molecule has 1 saturated carbocycles. The van der Waals surface area contributed by atoms with E-state index in [2.05, 4.69) is 0 Å². The van der Waals surface area contributed by atoms with E-state index in [1.54, 1.807) is 0 Å². The van der Waals surface area contributed by atoms with Gasteiger partial charge in [-0.25, -0.2) is 0 Å². The first-order valence-corrected chi connectivity index (χ1v) is 6.94. The maximum Gasteiger partial charge on any atom is 0.416 e. The van der Waals surface area contributed by atoms with Crippen LogP contribution in [0.5, 0.6) is 5.75 Å². The topological polar surface area (TPSA) is 35.2 Å². The monoisotopic (exact) mass is 287 g/mol. The van der Waals surface area contributed by atoms with E-state index >= 15 is 0 Å². The Bertz CT molecular complexity index is 453. The lowest BCUT2D eigenvalue weighted by Gasteiger charge is -2.29. The maximum atomic E-state index is 12.7. The van der Waals surface area contributed by atoms with Gasteiger partial charge in [-0.1, -0.05) is 25.3 Å². The molecule has 20 heavy (non-hydrogen) atoms. The first kappa shape index (κ1) is 15.2. The number of rotatable bonds is 3. The normalized spacial score (nSPS) is 18.9. The number of benzene rings is 1. The van der Waals surface area contributed by atoms with Crippen LogP contribution in [0.3, 0.4) is 0 Å². The Labute approximate surface area is 117 Å². The summed E-state index contributed by atoms with van der Waals surface area (Å²) in [5, 5.41) is 0. The van der Waals surface area contributed by atoms with Crippen molar-refractivity contribution in [3.63, 3.8) is 0 Å². The fourth-order valence-corrected chi connectivity index (χ4v) is 2.91. The fraction of sp³-hybridized carbons (Fsp3) is 0.600. The van der Waals surface area contributed by atoms with Gasteiger partial charge in [-0.3, -0.25) is 0 Å².